The summed E-state index contributed by atoms with van der Waals surface area (Å²) in [5.74, 6) is 0.934. The monoisotopic (exact) mass is 397 g/mol. The molecule has 0 atom stereocenters. The highest BCUT2D eigenvalue weighted by atomic mass is 35.5. The minimum atomic E-state index is -0.463. The molecule has 0 N–H and O–H groups in total. The van der Waals surface area contributed by atoms with Crippen LogP contribution >= 0.6 is 11.6 Å². The van der Waals surface area contributed by atoms with E-state index >= 15 is 0 Å². The van der Waals surface area contributed by atoms with Crippen molar-refractivity contribution in [2.24, 2.45) is 5.92 Å². The van der Waals surface area contributed by atoms with Crippen molar-refractivity contribution in [2.45, 2.75) is 37.5 Å². The summed E-state index contributed by atoms with van der Waals surface area (Å²) in [4.78, 5) is 15.8. The smallest absolute Gasteiger partial charge is 0.233 e. The van der Waals surface area contributed by atoms with Crippen molar-refractivity contribution in [2.75, 3.05) is 26.3 Å². The molecule has 2 aliphatic heterocycles. The van der Waals surface area contributed by atoms with Crippen LogP contribution < -0.4 is 0 Å². The van der Waals surface area contributed by atoms with Crippen molar-refractivity contribution < 1.29 is 9.53 Å². The fraction of sp³-hybridized carbons (Fsp3) is 0.458. The molecule has 2 saturated heterocycles. The minimum absolute atomic E-state index is 0.274. The molecule has 3 nitrogen and oxygen atoms in total. The van der Waals surface area contributed by atoms with E-state index in [4.69, 9.17) is 16.3 Å². The van der Waals surface area contributed by atoms with Crippen LogP contribution in [-0.4, -0.2) is 37.1 Å². The Balaban J connectivity index is 1.45. The quantitative estimate of drug-likeness (QED) is 0.736. The maximum absolute atomic E-state index is 13.7. The van der Waals surface area contributed by atoms with Gasteiger partial charge in [0.25, 0.3) is 0 Å². The fourth-order valence-corrected chi connectivity index (χ4v) is 4.83. The maximum atomic E-state index is 13.7. The third-order valence-corrected chi connectivity index (χ3v) is 6.67. The minimum Gasteiger partial charge on any atom is -0.381 e. The molecule has 4 rings (SSSR count). The second kappa shape index (κ2) is 8.67. The van der Waals surface area contributed by atoms with Gasteiger partial charge in [-0.25, -0.2) is 0 Å². The number of likely N-dealkylation sites (tertiary alicyclic amines) is 1. The molecule has 4 heteroatoms. The summed E-state index contributed by atoms with van der Waals surface area (Å²) < 4.78 is 5.59. The Morgan fingerprint density at radius 1 is 1.00 bits per heavy atom. The number of carbonyl (C=O) groups is 1. The number of hydrogen-bond acceptors (Lipinski definition) is 2. The van der Waals surface area contributed by atoms with Crippen molar-refractivity contribution in [3.63, 3.8) is 0 Å². The molecule has 0 saturated carbocycles. The predicted molar refractivity (Wildman–Crippen MR) is 113 cm³/mol. The van der Waals surface area contributed by atoms with Gasteiger partial charge in [0.05, 0.1) is 5.41 Å². The number of hydrogen-bond donors (Lipinski definition) is 0. The van der Waals surface area contributed by atoms with E-state index in [0.29, 0.717) is 24.2 Å². The van der Waals surface area contributed by atoms with Gasteiger partial charge in [-0.05, 0) is 61.3 Å². The van der Waals surface area contributed by atoms with Gasteiger partial charge in [0.15, 0.2) is 0 Å². The maximum Gasteiger partial charge on any atom is 0.233 e. The molecule has 2 aromatic carbocycles. The second-order valence-corrected chi connectivity index (χ2v) is 8.56. The number of amides is 1. The highest BCUT2D eigenvalue weighted by Crippen LogP contribution is 2.38. The van der Waals surface area contributed by atoms with Crippen molar-refractivity contribution >= 4 is 17.5 Å². The van der Waals surface area contributed by atoms with Crippen LogP contribution in [0.2, 0.25) is 5.02 Å². The van der Waals surface area contributed by atoms with Crippen LogP contribution in [0.5, 0.6) is 0 Å². The van der Waals surface area contributed by atoms with Crippen molar-refractivity contribution in [1.82, 2.24) is 4.90 Å². The van der Waals surface area contributed by atoms with E-state index in [1.54, 1.807) is 0 Å². The van der Waals surface area contributed by atoms with Crippen LogP contribution in [-0.2, 0) is 21.4 Å². The third kappa shape index (κ3) is 4.11. The van der Waals surface area contributed by atoms with E-state index in [0.717, 1.165) is 50.8 Å². The molecule has 2 aromatic rings. The van der Waals surface area contributed by atoms with Crippen molar-refractivity contribution in [3.05, 3.63) is 70.7 Å². The van der Waals surface area contributed by atoms with E-state index in [9.17, 15) is 4.79 Å². The van der Waals surface area contributed by atoms with E-state index in [2.05, 4.69) is 35.2 Å². The first kappa shape index (κ1) is 19.5. The van der Waals surface area contributed by atoms with Crippen LogP contribution in [0.1, 0.15) is 36.8 Å². The molecule has 2 fully saturated rings. The van der Waals surface area contributed by atoms with Gasteiger partial charge < -0.3 is 9.64 Å². The summed E-state index contributed by atoms with van der Waals surface area (Å²) in [7, 11) is 0. The molecule has 148 valence electrons. The van der Waals surface area contributed by atoms with Gasteiger partial charge in [-0.1, -0.05) is 54.1 Å². The standard InChI is InChI=1S/C24H28ClNO2/c25-22-8-6-21(7-9-22)24(12-16-28-17-13-24)23(27)26-14-10-20(11-15-26)18-19-4-2-1-3-5-19/h1-9,20H,10-18H2. The Morgan fingerprint density at radius 3 is 2.29 bits per heavy atom. The highest BCUT2D eigenvalue weighted by molar-refractivity contribution is 6.30. The average Bonchev–Trinajstić information content (AvgIpc) is 2.75. The van der Waals surface area contributed by atoms with Crippen LogP contribution in [0.25, 0.3) is 0 Å². The molecular formula is C24H28ClNO2. The molecule has 0 unspecified atom stereocenters. The summed E-state index contributed by atoms with van der Waals surface area (Å²) >= 11 is 6.09. The van der Waals surface area contributed by atoms with Crippen molar-refractivity contribution in [3.8, 4) is 0 Å². The number of benzene rings is 2. The van der Waals surface area contributed by atoms with Gasteiger partial charge in [0.2, 0.25) is 5.91 Å². The van der Waals surface area contributed by atoms with Crippen molar-refractivity contribution in [1.29, 1.82) is 0 Å². The molecule has 0 aromatic heterocycles. The fourth-order valence-electron chi connectivity index (χ4n) is 4.71. The number of rotatable bonds is 4. The molecule has 0 spiro atoms. The lowest BCUT2D eigenvalue weighted by Gasteiger charge is -2.42. The Bertz CT molecular complexity index is 776. The largest absolute Gasteiger partial charge is 0.381 e. The van der Waals surface area contributed by atoms with Gasteiger partial charge in [-0.15, -0.1) is 0 Å². The summed E-state index contributed by atoms with van der Waals surface area (Å²) in [5, 5.41) is 0.708. The Hall–Kier alpha value is -1.84. The van der Waals surface area contributed by atoms with Gasteiger partial charge >= 0.3 is 0 Å². The Morgan fingerprint density at radius 2 is 1.64 bits per heavy atom. The number of nitrogens with zero attached hydrogens (tertiary/aromatic N) is 1. The molecule has 0 aliphatic carbocycles. The van der Waals surface area contributed by atoms with E-state index in [-0.39, 0.29) is 5.91 Å². The molecule has 0 radical (unpaired) electrons. The first-order valence-electron chi connectivity index (χ1n) is 10.3. The third-order valence-electron chi connectivity index (χ3n) is 6.42. The summed E-state index contributed by atoms with van der Waals surface area (Å²) in [6.45, 7) is 2.98. The Labute approximate surface area is 172 Å². The zero-order chi connectivity index (χ0) is 19.4. The number of ether oxygens (including phenoxy) is 1. The Kier molecular flexibility index (Phi) is 6.03. The number of carbonyl (C=O) groups excluding carboxylic acids is 1. The van der Waals surface area contributed by atoms with Gasteiger partial charge in [0, 0.05) is 31.3 Å². The zero-order valence-corrected chi connectivity index (χ0v) is 17.0. The molecular weight excluding hydrogens is 370 g/mol. The van der Waals surface area contributed by atoms with Gasteiger partial charge in [0.1, 0.15) is 0 Å². The van der Waals surface area contributed by atoms with Crippen LogP contribution in [0.15, 0.2) is 54.6 Å². The summed E-state index contributed by atoms with van der Waals surface area (Å²) in [5.41, 5.74) is 2.01. The zero-order valence-electron chi connectivity index (χ0n) is 16.3. The van der Waals surface area contributed by atoms with Crippen LogP contribution in [0.4, 0.5) is 0 Å². The van der Waals surface area contributed by atoms with Crippen LogP contribution in [0.3, 0.4) is 0 Å². The van der Waals surface area contributed by atoms with E-state index < -0.39 is 5.41 Å². The predicted octanol–water partition coefficient (Wildman–Crippen LogP) is 4.87. The first-order chi connectivity index (χ1) is 13.7. The molecule has 1 amide bonds. The van der Waals surface area contributed by atoms with Crippen LogP contribution in [0, 0.1) is 5.92 Å². The lowest BCUT2D eigenvalue weighted by Crippen LogP contribution is -2.52. The number of halogens is 1. The molecule has 2 aliphatic rings. The normalized spacial score (nSPS) is 20.1. The topological polar surface area (TPSA) is 29.5 Å². The number of piperidine rings is 1. The summed E-state index contributed by atoms with van der Waals surface area (Å²) in [6, 6.07) is 18.5. The van der Waals surface area contributed by atoms with E-state index in [1.165, 1.54) is 5.56 Å². The highest BCUT2D eigenvalue weighted by Gasteiger charge is 2.44. The lowest BCUT2D eigenvalue weighted by molar-refractivity contribution is -0.142. The molecule has 2 heterocycles. The molecule has 28 heavy (non-hydrogen) atoms. The second-order valence-electron chi connectivity index (χ2n) is 8.13. The van der Waals surface area contributed by atoms with E-state index in [1.807, 2.05) is 24.3 Å². The van der Waals surface area contributed by atoms with Gasteiger partial charge in [-0.3, -0.25) is 4.79 Å². The lowest BCUT2D eigenvalue weighted by atomic mass is 9.72. The van der Waals surface area contributed by atoms with Gasteiger partial charge in [-0.2, -0.15) is 0 Å². The SMILES string of the molecule is O=C(N1CCC(Cc2ccccc2)CC1)C1(c2ccc(Cl)cc2)CCOCC1. The molecule has 0 bridgehead atoms. The average molecular weight is 398 g/mol. The summed E-state index contributed by atoms with van der Waals surface area (Å²) in [6.07, 6.45) is 4.76. The first-order valence-corrected chi connectivity index (χ1v) is 10.7.